The smallest absolute Gasteiger partial charge is 0.493 e. The van der Waals surface area contributed by atoms with Crippen LogP contribution in [0, 0.1) is 0 Å². The first kappa shape index (κ1) is 20.6. The number of carbonyl (C=O) groups excluding carboxylic acids is 2. The Morgan fingerprint density at radius 1 is 1.15 bits per heavy atom. The van der Waals surface area contributed by atoms with Crippen molar-refractivity contribution in [3.8, 4) is 11.5 Å². The summed E-state index contributed by atoms with van der Waals surface area (Å²) in [7, 11) is 2.65. The van der Waals surface area contributed by atoms with Crippen LogP contribution >= 0.6 is 23.4 Å². The van der Waals surface area contributed by atoms with Crippen molar-refractivity contribution in [2.45, 2.75) is 4.90 Å². The number of nitrogens with zero attached hydrogens (tertiary/aromatic N) is 1. The van der Waals surface area contributed by atoms with Crippen LogP contribution in [0.5, 0.6) is 11.5 Å². The molecule has 0 atom stereocenters. The average molecular weight is 409 g/mol. The molecule has 0 fully saturated rings. The van der Waals surface area contributed by atoms with E-state index < -0.39 is 6.16 Å². The minimum Gasteiger partial charge on any atom is -0.493 e. The number of halogens is 1. The predicted octanol–water partition coefficient (Wildman–Crippen LogP) is 3.74. The largest absolute Gasteiger partial charge is 0.513 e. The molecule has 2 aromatic rings. The topological polar surface area (TPSA) is 86.2 Å². The Morgan fingerprint density at radius 3 is 2.56 bits per heavy atom. The first-order valence-electron chi connectivity index (χ1n) is 7.66. The quantitative estimate of drug-likeness (QED) is 0.247. The third-order valence-corrected chi connectivity index (χ3v) is 4.40. The van der Waals surface area contributed by atoms with E-state index in [-0.39, 0.29) is 17.4 Å². The molecule has 0 radical (unpaired) electrons. The molecule has 1 amide bonds. The number of benzene rings is 2. The maximum atomic E-state index is 11.8. The summed E-state index contributed by atoms with van der Waals surface area (Å²) in [5.41, 5.74) is 3.09. The Bertz CT molecular complexity index is 827. The summed E-state index contributed by atoms with van der Waals surface area (Å²) in [4.78, 5) is 24.0. The molecule has 2 rings (SSSR count). The number of nitrogens with one attached hydrogen (secondary N) is 1. The molecule has 9 heteroatoms. The molecular formula is C18H17ClN2O5S. The molecule has 0 aliphatic rings. The van der Waals surface area contributed by atoms with Gasteiger partial charge in [0.2, 0.25) is 5.91 Å². The van der Waals surface area contributed by atoms with E-state index in [1.807, 2.05) is 12.1 Å². The number of hydrogen-bond donors (Lipinski definition) is 1. The summed E-state index contributed by atoms with van der Waals surface area (Å²) in [6, 6.07) is 12.0. The lowest BCUT2D eigenvalue weighted by atomic mass is 10.2. The van der Waals surface area contributed by atoms with Gasteiger partial charge in [-0.1, -0.05) is 11.6 Å². The zero-order chi connectivity index (χ0) is 19.6. The van der Waals surface area contributed by atoms with Gasteiger partial charge in [-0.2, -0.15) is 5.10 Å². The monoisotopic (exact) mass is 408 g/mol. The highest BCUT2D eigenvalue weighted by Gasteiger charge is 2.10. The molecule has 0 aromatic heterocycles. The van der Waals surface area contributed by atoms with Gasteiger partial charge in [-0.25, -0.2) is 10.2 Å². The summed E-state index contributed by atoms with van der Waals surface area (Å²) in [5, 5.41) is 4.55. The first-order valence-corrected chi connectivity index (χ1v) is 9.02. The molecule has 1 N–H and O–H groups in total. The number of thioether (sulfide) groups is 1. The van der Waals surface area contributed by atoms with Crippen molar-refractivity contribution >= 4 is 41.6 Å². The van der Waals surface area contributed by atoms with Crippen LogP contribution in [0.15, 0.2) is 52.5 Å². The fourth-order valence-electron chi connectivity index (χ4n) is 1.87. The Labute approximate surface area is 165 Å². The summed E-state index contributed by atoms with van der Waals surface area (Å²) in [6.45, 7) is 0. The standard InChI is InChI=1S/C18H17ClN2O5S/c1-24-16-9-12(3-8-15(16)26-18(23)25-2)10-20-21-17(22)11-27-14-6-4-13(19)5-7-14/h3-10H,11H2,1-2H3,(H,21,22)/b20-10-. The van der Waals surface area contributed by atoms with E-state index in [4.69, 9.17) is 21.1 Å². The second-order valence-corrected chi connectivity index (χ2v) is 6.49. The molecule has 27 heavy (non-hydrogen) atoms. The molecular weight excluding hydrogens is 392 g/mol. The lowest BCUT2D eigenvalue weighted by Gasteiger charge is -2.08. The fraction of sp³-hybridized carbons (Fsp3) is 0.167. The summed E-state index contributed by atoms with van der Waals surface area (Å²) < 4.78 is 14.6. The van der Waals surface area contributed by atoms with E-state index in [1.165, 1.54) is 38.3 Å². The van der Waals surface area contributed by atoms with Crippen molar-refractivity contribution in [2.24, 2.45) is 5.10 Å². The molecule has 2 aromatic carbocycles. The highest BCUT2D eigenvalue weighted by Crippen LogP contribution is 2.27. The SMILES string of the molecule is COC(=O)Oc1ccc(/C=N\NC(=O)CSc2ccc(Cl)cc2)cc1OC. The van der Waals surface area contributed by atoms with Gasteiger partial charge in [-0.3, -0.25) is 4.79 Å². The Hall–Kier alpha value is -2.71. The Balaban J connectivity index is 1.88. The van der Waals surface area contributed by atoms with Crippen LogP contribution < -0.4 is 14.9 Å². The molecule has 0 saturated heterocycles. The molecule has 0 aliphatic heterocycles. The highest BCUT2D eigenvalue weighted by molar-refractivity contribution is 8.00. The lowest BCUT2D eigenvalue weighted by Crippen LogP contribution is -2.19. The van der Waals surface area contributed by atoms with E-state index >= 15 is 0 Å². The number of hydrazone groups is 1. The summed E-state index contributed by atoms with van der Waals surface area (Å²) in [6.07, 6.45) is 0.607. The van der Waals surface area contributed by atoms with E-state index in [0.29, 0.717) is 16.3 Å². The van der Waals surface area contributed by atoms with Crippen LogP contribution in [0.25, 0.3) is 0 Å². The molecule has 7 nitrogen and oxygen atoms in total. The van der Waals surface area contributed by atoms with Crippen LogP contribution in [0.3, 0.4) is 0 Å². The van der Waals surface area contributed by atoms with Gasteiger partial charge in [-0.15, -0.1) is 11.8 Å². The third kappa shape index (κ3) is 6.84. The van der Waals surface area contributed by atoms with Crippen LogP contribution in [0.2, 0.25) is 5.02 Å². The zero-order valence-electron chi connectivity index (χ0n) is 14.6. The van der Waals surface area contributed by atoms with Crippen molar-refractivity contribution in [1.82, 2.24) is 5.43 Å². The van der Waals surface area contributed by atoms with Crippen LogP contribution in [-0.2, 0) is 9.53 Å². The predicted molar refractivity (Wildman–Crippen MR) is 104 cm³/mol. The van der Waals surface area contributed by atoms with Crippen molar-refractivity contribution in [3.05, 3.63) is 53.1 Å². The fourth-order valence-corrected chi connectivity index (χ4v) is 2.69. The van der Waals surface area contributed by atoms with Crippen LogP contribution in [-0.4, -0.2) is 38.2 Å². The van der Waals surface area contributed by atoms with Crippen molar-refractivity contribution in [1.29, 1.82) is 0 Å². The number of carbonyl (C=O) groups is 2. The molecule has 0 saturated carbocycles. The second kappa shape index (κ2) is 10.4. The Morgan fingerprint density at radius 2 is 1.89 bits per heavy atom. The van der Waals surface area contributed by atoms with Gasteiger partial charge in [0.1, 0.15) is 0 Å². The van der Waals surface area contributed by atoms with E-state index in [0.717, 1.165) is 4.90 Å². The minimum absolute atomic E-state index is 0.213. The average Bonchev–Trinajstić information content (AvgIpc) is 2.68. The van der Waals surface area contributed by atoms with E-state index in [1.54, 1.807) is 24.3 Å². The lowest BCUT2D eigenvalue weighted by molar-refractivity contribution is -0.118. The molecule has 0 heterocycles. The third-order valence-electron chi connectivity index (χ3n) is 3.13. The van der Waals surface area contributed by atoms with Gasteiger partial charge in [-0.05, 0) is 48.0 Å². The van der Waals surface area contributed by atoms with Crippen molar-refractivity contribution in [2.75, 3.05) is 20.0 Å². The van der Waals surface area contributed by atoms with Gasteiger partial charge in [0.15, 0.2) is 11.5 Å². The molecule has 0 unspecified atom stereocenters. The molecule has 0 aliphatic carbocycles. The molecule has 0 spiro atoms. The van der Waals surface area contributed by atoms with Crippen LogP contribution in [0.1, 0.15) is 5.56 Å². The van der Waals surface area contributed by atoms with E-state index in [9.17, 15) is 9.59 Å². The normalized spacial score (nSPS) is 10.5. The van der Waals surface area contributed by atoms with Crippen molar-refractivity contribution < 1.29 is 23.8 Å². The van der Waals surface area contributed by atoms with Gasteiger partial charge < -0.3 is 14.2 Å². The van der Waals surface area contributed by atoms with Crippen LogP contribution in [0.4, 0.5) is 4.79 Å². The van der Waals surface area contributed by atoms with Gasteiger partial charge >= 0.3 is 6.16 Å². The van der Waals surface area contributed by atoms with Gasteiger partial charge in [0, 0.05) is 9.92 Å². The number of amides is 1. The number of rotatable bonds is 7. The van der Waals surface area contributed by atoms with Crippen molar-refractivity contribution in [3.63, 3.8) is 0 Å². The number of hydrogen-bond acceptors (Lipinski definition) is 7. The zero-order valence-corrected chi connectivity index (χ0v) is 16.2. The Kier molecular flexibility index (Phi) is 7.97. The summed E-state index contributed by atoms with van der Waals surface area (Å²) >= 11 is 7.19. The number of ether oxygens (including phenoxy) is 3. The molecule has 142 valence electrons. The second-order valence-electron chi connectivity index (χ2n) is 5.00. The maximum Gasteiger partial charge on any atom is 0.513 e. The highest BCUT2D eigenvalue weighted by atomic mass is 35.5. The van der Waals surface area contributed by atoms with Gasteiger partial charge in [0.05, 0.1) is 26.2 Å². The molecule has 0 bridgehead atoms. The van der Waals surface area contributed by atoms with E-state index in [2.05, 4.69) is 15.3 Å². The first-order chi connectivity index (χ1) is 13.0. The number of methoxy groups -OCH3 is 2. The minimum atomic E-state index is -0.847. The van der Waals surface area contributed by atoms with Gasteiger partial charge in [0.25, 0.3) is 0 Å². The summed E-state index contributed by atoms with van der Waals surface area (Å²) in [5.74, 6) is 0.511. The maximum absolute atomic E-state index is 11.8.